The Bertz CT molecular complexity index is 700. The van der Waals surface area contributed by atoms with Gasteiger partial charge in [-0.15, -0.1) is 0 Å². The molecule has 0 unspecified atom stereocenters. The molecule has 0 aliphatic heterocycles. The van der Waals surface area contributed by atoms with E-state index in [1.807, 2.05) is 25.1 Å². The van der Waals surface area contributed by atoms with Gasteiger partial charge in [-0.05, 0) is 31.2 Å². The predicted molar refractivity (Wildman–Crippen MR) is 89.6 cm³/mol. The van der Waals surface area contributed by atoms with Gasteiger partial charge in [-0.3, -0.25) is 9.59 Å². The fourth-order valence-electron chi connectivity index (χ4n) is 2.11. The molecule has 0 spiro atoms. The monoisotopic (exact) mass is 312 g/mol. The third kappa shape index (κ3) is 4.54. The Balaban J connectivity index is 1.86. The smallest absolute Gasteiger partial charge is 0.254 e. The largest absolute Gasteiger partial charge is 0.368 e. The number of anilines is 1. The van der Waals surface area contributed by atoms with Crippen LogP contribution in [0.25, 0.3) is 0 Å². The highest BCUT2D eigenvalue weighted by Gasteiger charge is 2.10. The second kappa shape index (κ2) is 7.93. The van der Waals surface area contributed by atoms with Crippen molar-refractivity contribution < 1.29 is 9.59 Å². The van der Waals surface area contributed by atoms with E-state index in [1.54, 1.807) is 31.4 Å². The number of carbonyl (C=O) groups is 2. The van der Waals surface area contributed by atoms with Gasteiger partial charge in [0.2, 0.25) is 0 Å². The van der Waals surface area contributed by atoms with Gasteiger partial charge in [0.25, 0.3) is 11.8 Å². The molecule has 6 heteroatoms. The van der Waals surface area contributed by atoms with E-state index >= 15 is 0 Å². The number of aryl methyl sites for hydroxylation is 1. The van der Waals surface area contributed by atoms with Crippen LogP contribution in [0.15, 0.2) is 42.6 Å². The number of rotatable bonds is 6. The van der Waals surface area contributed by atoms with E-state index in [0.29, 0.717) is 30.0 Å². The maximum Gasteiger partial charge on any atom is 0.254 e. The van der Waals surface area contributed by atoms with Gasteiger partial charge in [-0.1, -0.05) is 17.7 Å². The molecule has 2 aromatic rings. The standard InChI is InChI=1S/C17H20N4O2/c1-12-5-3-6-13(11-12)16(22)21-10-9-20-15-14(17(23)18-2)7-4-8-19-15/h3-8,11H,9-10H2,1-2H3,(H,18,23)(H,19,20)(H,21,22). The molecule has 6 nitrogen and oxygen atoms in total. The second-order valence-electron chi connectivity index (χ2n) is 5.03. The Hall–Kier alpha value is -2.89. The lowest BCUT2D eigenvalue weighted by atomic mass is 10.1. The Morgan fingerprint density at radius 1 is 1.09 bits per heavy atom. The molecule has 0 atom stereocenters. The SMILES string of the molecule is CNC(=O)c1cccnc1NCCNC(=O)c1cccc(C)c1. The van der Waals surface area contributed by atoms with Crippen LogP contribution in [0.5, 0.6) is 0 Å². The first kappa shape index (κ1) is 16.5. The van der Waals surface area contributed by atoms with Crippen molar-refractivity contribution in [3.63, 3.8) is 0 Å². The van der Waals surface area contributed by atoms with E-state index < -0.39 is 0 Å². The number of nitrogens with zero attached hydrogens (tertiary/aromatic N) is 1. The third-order valence-corrected chi connectivity index (χ3v) is 3.26. The van der Waals surface area contributed by atoms with Gasteiger partial charge in [0.15, 0.2) is 0 Å². The van der Waals surface area contributed by atoms with Crippen molar-refractivity contribution in [1.29, 1.82) is 0 Å². The van der Waals surface area contributed by atoms with Crippen LogP contribution in [0.4, 0.5) is 5.82 Å². The van der Waals surface area contributed by atoms with E-state index in [9.17, 15) is 9.59 Å². The van der Waals surface area contributed by atoms with Gasteiger partial charge in [0.1, 0.15) is 5.82 Å². The van der Waals surface area contributed by atoms with Crippen LogP contribution in [0.1, 0.15) is 26.3 Å². The molecule has 0 saturated carbocycles. The van der Waals surface area contributed by atoms with E-state index in [1.165, 1.54) is 0 Å². The molecule has 0 aliphatic rings. The van der Waals surface area contributed by atoms with Gasteiger partial charge in [-0.25, -0.2) is 4.98 Å². The van der Waals surface area contributed by atoms with E-state index in [-0.39, 0.29) is 11.8 Å². The van der Waals surface area contributed by atoms with Crippen molar-refractivity contribution in [2.75, 3.05) is 25.5 Å². The average molecular weight is 312 g/mol. The molecule has 0 fully saturated rings. The molecule has 2 rings (SSSR count). The van der Waals surface area contributed by atoms with Gasteiger partial charge < -0.3 is 16.0 Å². The topological polar surface area (TPSA) is 83.1 Å². The van der Waals surface area contributed by atoms with Crippen LogP contribution in [0.3, 0.4) is 0 Å². The van der Waals surface area contributed by atoms with Gasteiger partial charge >= 0.3 is 0 Å². The molecule has 23 heavy (non-hydrogen) atoms. The lowest BCUT2D eigenvalue weighted by Gasteiger charge is -2.10. The maximum absolute atomic E-state index is 12.0. The number of amides is 2. The Morgan fingerprint density at radius 3 is 2.65 bits per heavy atom. The summed E-state index contributed by atoms with van der Waals surface area (Å²) in [6.07, 6.45) is 1.61. The zero-order valence-electron chi connectivity index (χ0n) is 13.2. The molecule has 0 bridgehead atoms. The van der Waals surface area contributed by atoms with Gasteiger partial charge in [0, 0.05) is 31.9 Å². The summed E-state index contributed by atoms with van der Waals surface area (Å²) in [5.41, 5.74) is 2.15. The lowest BCUT2D eigenvalue weighted by molar-refractivity contribution is 0.0949. The number of nitrogens with one attached hydrogen (secondary N) is 3. The first-order valence-electron chi connectivity index (χ1n) is 7.37. The van der Waals surface area contributed by atoms with Crippen LogP contribution in [-0.2, 0) is 0 Å². The summed E-state index contributed by atoms with van der Waals surface area (Å²) in [5, 5.41) is 8.46. The number of hydrogen-bond acceptors (Lipinski definition) is 4. The van der Waals surface area contributed by atoms with Crippen molar-refractivity contribution in [1.82, 2.24) is 15.6 Å². The minimum atomic E-state index is -0.204. The Labute approximate surface area is 135 Å². The first-order chi connectivity index (χ1) is 11.1. The molecule has 1 aromatic carbocycles. The average Bonchev–Trinajstić information content (AvgIpc) is 2.58. The summed E-state index contributed by atoms with van der Waals surface area (Å²) in [6.45, 7) is 2.84. The van der Waals surface area contributed by atoms with Crippen molar-refractivity contribution >= 4 is 17.6 Å². The van der Waals surface area contributed by atoms with E-state index in [4.69, 9.17) is 0 Å². The summed E-state index contributed by atoms with van der Waals surface area (Å²) in [7, 11) is 1.57. The van der Waals surface area contributed by atoms with E-state index in [2.05, 4.69) is 20.9 Å². The van der Waals surface area contributed by atoms with Crippen LogP contribution in [0, 0.1) is 6.92 Å². The Kier molecular flexibility index (Phi) is 5.68. The van der Waals surface area contributed by atoms with Crippen molar-refractivity contribution in [2.24, 2.45) is 0 Å². The van der Waals surface area contributed by atoms with Crippen molar-refractivity contribution in [3.8, 4) is 0 Å². The Morgan fingerprint density at radius 2 is 1.91 bits per heavy atom. The molecule has 1 aromatic heterocycles. The number of hydrogen-bond donors (Lipinski definition) is 3. The molecule has 0 aliphatic carbocycles. The molecular weight excluding hydrogens is 292 g/mol. The summed E-state index contributed by atoms with van der Waals surface area (Å²) in [4.78, 5) is 27.9. The van der Waals surface area contributed by atoms with Gasteiger partial charge in [-0.2, -0.15) is 0 Å². The fourth-order valence-corrected chi connectivity index (χ4v) is 2.11. The number of aromatic nitrogens is 1. The first-order valence-corrected chi connectivity index (χ1v) is 7.37. The quantitative estimate of drug-likeness (QED) is 0.707. The number of pyridine rings is 1. The summed E-state index contributed by atoms with van der Waals surface area (Å²) in [6, 6.07) is 10.8. The molecule has 1 heterocycles. The van der Waals surface area contributed by atoms with Gasteiger partial charge in [0.05, 0.1) is 5.56 Å². The summed E-state index contributed by atoms with van der Waals surface area (Å²) in [5.74, 6) is 0.170. The van der Waals surface area contributed by atoms with E-state index in [0.717, 1.165) is 5.56 Å². The van der Waals surface area contributed by atoms with Crippen LogP contribution in [-0.4, -0.2) is 36.9 Å². The minimum absolute atomic E-state index is 0.122. The second-order valence-corrected chi connectivity index (χ2v) is 5.03. The summed E-state index contributed by atoms with van der Waals surface area (Å²) >= 11 is 0. The molecule has 0 saturated heterocycles. The predicted octanol–water partition coefficient (Wildman–Crippen LogP) is 1.59. The highest BCUT2D eigenvalue weighted by molar-refractivity contribution is 5.98. The number of benzene rings is 1. The molecule has 0 radical (unpaired) electrons. The normalized spacial score (nSPS) is 10.0. The minimum Gasteiger partial charge on any atom is -0.368 e. The molecule has 3 N–H and O–H groups in total. The van der Waals surface area contributed by atoms with Crippen LogP contribution < -0.4 is 16.0 Å². The maximum atomic E-state index is 12.0. The zero-order valence-corrected chi connectivity index (χ0v) is 13.2. The highest BCUT2D eigenvalue weighted by Crippen LogP contribution is 2.10. The lowest BCUT2D eigenvalue weighted by Crippen LogP contribution is -2.29. The zero-order chi connectivity index (χ0) is 16.7. The van der Waals surface area contributed by atoms with Crippen LogP contribution >= 0.6 is 0 Å². The highest BCUT2D eigenvalue weighted by atomic mass is 16.2. The van der Waals surface area contributed by atoms with Crippen molar-refractivity contribution in [3.05, 3.63) is 59.3 Å². The molecule has 2 amide bonds. The molecular formula is C17H20N4O2. The van der Waals surface area contributed by atoms with Crippen molar-refractivity contribution in [2.45, 2.75) is 6.92 Å². The van der Waals surface area contributed by atoms with Crippen LogP contribution in [0.2, 0.25) is 0 Å². The summed E-state index contributed by atoms with van der Waals surface area (Å²) < 4.78 is 0. The fraction of sp³-hybridized carbons (Fsp3) is 0.235. The number of carbonyl (C=O) groups excluding carboxylic acids is 2. The third-order valence-electron chi connectivity index (χ3n) is 3.26. The molecule has 120 valence electrons.